The highest BCUT2D eigenvalue weighted by Gasteiger charge is 2.43. The summed E-state index contributed by atoms with van der Waals surface area (Å²) in [5, 5.41) is 9.11. The zero-order valence-electron chi connectivity index (χ0n) is 38.3. The van der Waals surface area contributed by atoms with Crippen molar-refractivity contribution in [1.82, 2.24) is 20.9 Å². The average Bonchev–Trinajstić information content (AvgIpc) is 3.20. The van der Waals surface area contributed by atoms with E-state index in [0.29, 0.717) is 38.9 Å². The molecular formula is C49H72N4O7Si. The molecule has 0 bridgehead atoms. The molecule has 4 unspecified atom stereocenters. The first kappa shape index (κ1) is 49.0. The van der Waals surface area contributed by atoms with Gasteiger partial charge >= 0.3 is 12.2 Å². The van der Waals surface area contributed by atoms with Crippen LogP contribution < -0.4 is 16.0 Å². The van der Waals surface area contributed by atoms with Crippen LogP contribution >= 0.6 is 0 Å². The van der Waals surface area contributed by atoms with Crippen LogP contribution in [0.3, 0.4) is 0 Å². The van der Waals surface area contributed by atoms with Crippen molar-refractivity contribution in [2.24, 2.45) is 17.8 Å². The molecule has 3 aromatic rings. The number of ether oxygens (including phenoxy) is 2. The number of carbonyl (C=O) groups excluding carboxylic acids is 4. The Hall–Kier alpha value is -4.68. The van der Waals surface area contributed by atoms with Crippen molar-refractivity contribution in [2.75, 3.05) is 19.6 Å². The number of rotatable bonds is 18. The summed E-state index contributed by atoms with van der Waals surface area (Å²) in [7, 11) is -2.48. The zero-order valence-corrected chi connectivity index (χ0v) is 39.3. The third-order valence-corrected chi connectivity index (χ3v) is 16.3. The fourth-order valence-electron chi connectivity index (χ4n) is 7.25. The first-order chi connectivity index (χ1) is 28.7. The number of alkyl carbamates (subject to hydrolysis) is 2. The topological polar surface area (TPSA) is 135 Å². The number of piperidine rings is 1. The van der Waals surface area contributed by atoms with Gasteiger partial charge in [0.1, 0.15) is 18.2 Å². The van der Waals surface area contributed by atoms with E-state index in [2.05, 4.69) is 49.8 Å². The van der Waals surface area contributed by atoms with Crippen molar-refractivity contribution in [3.8, 4) is 0 Å². The Bertz CT molecular complexity index is 1820. The molecule has 334 valence electrons. The molecule has 1 aliphatic heterocycles. The number of hydrogen-bond donors (Lipinski definition) is 3. The van der Waals surface area contributed by atoms with Gasteiger partial charge in [-0.1, -0.05) is 126 Å². The molecule has 1 aliphatic rings. The molecule has 3 aromatic carbocycles. The van der Waals surface area contributed by atoms with Crippen LogP contribution in [0.15, 0.2) is 91.0 Å². The summed E-state index contributed by atoms with van der Waals surface area (Å²) in [4.78, 5) is 56.8. The Morgan fingerprint density at radius 2 is 1.26 bits per heavy atom. The first-order valence-corrected chi connectivity index (χ1v) is 24.9. The minimum atomic E-state index is -2.48. The van der Waals surface area contributed by atoms with Gasteiger partial charge in [0.2, 0.25) is 11.8 Å². The van der Waals surface area contributed by atoms with Crippen LogP contribution in [0.4, 0.5) is 9.59 Å². The molecule has 1 saturated heterocycles. The lowest BCUT2D eigenvalue weighted by molar-refractivity contribution is -0.140. The van der Waals surface area contributed by atoms with Gasteiger partial charge in [-0.25, -0.2) is 9.59 Å². The maximum absolute atomic E-state index is 14.8. The first-order valence-electron chi connectivity index (χ1n) is 22.0. The van der Waals surface area contributed by atoms with Crippen LogP contribution in [-0.4, -0.2) is 80.6 Å². The summed E-state index contributed by atoms with van der Waals surface area (Å²) >= 11 is 0. The summed E-state index contributed by atoms with van der Waals surface area (Å²) < 4.78 is 18.4. The van der Waals surface area contributed by atoms with Gasteiger partial charge in [-0.3, -0.25) is 9.59 Å². The molecule has 1 heterocycles. The van der Waals surface area contributed by atoms with E-state index >= 15 is 0 Å². The van der Waals surface area contributed by atoms with Crippen LogP contribution in [0.5, 0.6) is 0 Å². The van der Waals surface area contributed by atoms with Crippen molar-refractivity contribution < 1.29 is 33.1 Å². The number of hydrogen-bond acceptors (Lipinski definition) is 7. The van der Waals surface area contributed by atoms with E-state index in [1.54, 1.807) is 0 Å². The molecule has 12 heteroatoms. The van der Waals surface area contributed by atoms with Crippen LogP contribution in [-0.2, 0) is 42.9 Å². The average molecular weight is 857 g/mol. The third kappa shape index (κ3) is 16.3. The summed E-state index contributed by atoms with van der Waals surface area (Å²) in [6.07, 6.45) is 1.05. The highest BCUT2D eigenvalue weighted by Crippen LogP contribution is 2.39. The van der Waals surface area contributed by atoms with E-state index in [0.717, 1.165) is 29.5 Å². The van der Waals surface area contributed by atoms with Crippen molar-refractivity contribution in [3.63, 3.8) is 0 Å². The van der Waals surface area contributed by atoms with Gasteiger partial charge in [-0.2, -0.15) is 0 Å². The van der Waals surface area contributed by atoms with Crippen LogP contribution in [0.25, 0.3) is 0 Å². The maximum Gasteiger partial charge on any atom is 0.407 e. The Morgan fingerprint density at radius 1 is 0.738 bits per heavy atom. The molecule has 0 saturated carbocycles. The second-order valence-electron chi connectivity index (χ2n) is 19.4. The molecule has 1 fully saturated rings. The molecule has 3 N–H and O–H groups in total. The molecular weight excluding hydrogens is 785 g/mol. The summed E-state index contributed by atoms with van der Waals surface area (Å²) in [6.45, 7) is 22.0. The monoisotopic (exact) mass is 857 g/mol. The number of likely N-dealkylation sites (tertiary alicyclic amines) is 1. The lowest BCUT2D eigenvalue weighted by Gasteiger charge is -2.42. The van der Waals surface area contributed by atoms with Crippen molar-refractivity contribution in [1.29, 1.82) is 0 Å². The van der Waals surface area contributed by atoms with Gasteiger partial charge in [0, 0.05) is 25.6 Å². The highest BCUT2D eigenvalue weighted by molar-refractivity contribution is 6.74. The predicted molar refractivity (Wildman–Crippen MR) is 244 cm³/mol. The van der Waals surface area contributed by atoms with E-state index in [4.69, 9.17) is 13.9 Å². The lowest BCUT2D eigenvalue weighted by Crippen LogP contribution is -2.56. The summed E-state index contributed by atoms with van der Waals surface area (Å²) in [6, 6.07) is 28.1. The molecule has 4 amide bonds. The molecule has 0 spiro atoms. The fraction of sp³-hybridized carbons (Fsp3) is 0.551. The Morgan fingerprint density at radius 3 is 1.77 bits per heavy atom. The number of carbonyl (C=O) groups is 4. The van der Waals surface area contributed by atoms with Crippen LogP contribution in [0, 0.1) is 17.8 Å². The van der Waals surface area contributed by atoms with Crippen molar-refractivity contribution >= 4 is 32.3 Å². The van der Waals surface area contributed by atoms with Gasteiger partial charge in [0.15, 0.2) is 8.32 Å². The molecule has 0 aliphatic carbocycles. The van der Waals surface area contributed by atoms with E-state index in [9.17, 15) is 19.2 Å². The van der Waals surface area contributed by atoms with Crippen LogP contribution in [0.2, 0.25) is 18.1 Å². The largest absolute Gasteiger partial charge is 0.445 e. The van der Waals surface area contributed by atoms with E-state index in [1.165, 1.54) is 0 Å². The second kappa shape index (κ2) is 22.4. The maximum atomic E-state index is 14.8. The minimum absolute atomic E-state index is 0.113. The van der Waals surface area contributed by atoms with Crippen molar-refractivity contribution in [3.05, 3.63) is 108 Å². The zero-order chi connectivity index (χ0) is 44.8. The Balaban J connectivity index is 1.54. The molecule has 0 radical (unpaired) electrons. The van der Waals surface area contributed by atoms with Gasteiger partial charge < -0.3 is 34.8 Å². The van der Waals surface area contributed by atoms with E-state index < -0.39 is 50.2 Å². The van der Waals surface area contributed by atoms with Gasteiger partial charge in [-0.15, -0.1) is 0 Å². The third-order valence-electron chi connectivity index (χ3n) is 11.8. The van der Waals surface area contributed by atoms with Gasteiger partial charge in [0.05, 0.1) is 12.1 Å². The van der Waals surface area contributed by atoms with Crippen LogP contribution in [0.1, 0.15) is 91.3 Å². The predicted octanol–water partition coefficient (Wildman–Crippen LogP) is 9.07. The second-order valence-corrected chi connectivity index (χ2v) is 24.2. The van der Waals surface area contributed by atoms with Gasteiger partial charge in [-0.05, 0) is 99.5 Å². The Kier molecular flexibility index (Phi) is 18.0. The standard InChI is InChI=1S/C49H72N4O7Si/c1-35(2)43(45(55)53-28-26-38(27-29-53)33-50-46(56)58-34-39-24-18-13-19-25-39)52-44(54)40(30-36-20-14-11-15-21-36)32-42(60-61(9,10)49(6,7)8)41(31-37-22-16-12-17-23-37)51-47(57)59-48(3,4)5/h11-25,35,38,40-43H,26-34H2,1-10H3,(H,50,56)(H,51,57)(H,52,54). The number of nitrogens with one attached hydrogen (secondary N) is 3. The van der Waals surface area contributed by atoms with E-state index in [1.807, 2.05) is 131 Å². The molecule has 4 rings (SSSR count). The van der Waals surface area contributed by atoms with E-state index in [-0.39, 0.29) is 35.3 Å². The fourth-order valence-corrected chi connectivity index (χ4v) is 8.63. The smallest absolute Gasteiger partial charge is 0.407 e. The number of benzene rings is 3. The molecule has 61 heavy (non-hydrogen) atoms. The normalized spacial score (nSPS) is 15.9. The minimum Gasteiger partial charge on any atom is -0.445 e. The molecule has 11 nitrogen and oxygen atoms in total. The van der Waals surface area contributed by atoms with Gasteiger partial charge in [0.25, 0.3) is 0 Å². The number of nitrogens with zero attached hydrogens (tertiary/aromatic N) is 1. The molecule has 0 aromatic heterocycles. The lowest BCUT2D eigenvalue weighted by atomic mass is 9.88. The SMILES string of the molecule is CC(C)C(NC(=O)C(Cc1ccccc1)CC(O[Si](C)(C)C(C)(C)C)C(Cc1ccccc1)NC(=O)OC(C)(C)C)C(=O)N1CCC(CNC(=O)OCc2ccccc2)CC1. The van der Waals surface area contributed by atoms with Crippen molar-refractivity contribution in [2.45, 2.75) is 136 Å². The highest BCUT2D eigenvalue weighted by atomic mass is 28.4. The quantitative estimate of drug-likeness (QED) is 0.109. The summed E-state index contributed by atoms with van der Waals surface area (Å²) in [5.41, 5.74) is 2.21. The Labute approximate surface area is 366 Å². The number of amides is 4. The molecule has 4 atom stereocenters. The summed E-state index contributed by atoms with van der Waals surface area (Å²) in [5.74, 6) is -0.914.